The van der Waals surface area contributed by atoms with Gasteiger partial charge in [-0.15, -0.1) is 0 Å². The van der Waals surface area contributed by atoms with Crippen molar-refractivity contribution in [2.75, 3.05) is 0 Å². The standard InChI is InChI=1S/C19H17N.C15H16.C14H14.3C7H8.C2H6/c1-14-11-12-19-17(13-14)16-9-5-6-10-18(16)20(19)15-7-3-2-4-8-15;1-11-8-9-13(3)15(10-11)14-7-5-4-6-12(14)2;1-11-3-7-13(8-4-11)14-9-5-12(2)6-10-14;3*1-7-5-3-2-4-6-7;1-2/h2-7,9-13,15H,8H2,1H3;4-10H,1-3H3;3-10H,1-2H3;3*2-6H,1H3;1-2H3. The lowest BCUT2D eigenvalue weighted by molar-refractivity contribution is 0.648. The van der Waals surface area contributed by atoms with E-state index in [1.807, 2.05) is 68.4 Å². The first kappa shape index (κ1) is 55.2. The van der Waals surface area contributed by atoms with E-state index in [0.717, 1.165) is 6.42 Å². The number of para-hydroxylation sites is 1. The molecule has 366 valence electrons. The molecule has 1 heteroatoms. The molecule has 0 aliphatic heterocycles. The van der Waals surface area contributed by atoms with Crippen molar-refractivity contribution in [1.29, 1.82) is 0 Å². The van der Waals surface area contributed by atoms with Gasteiger partial charge in [0, 0.05) is 21.8 Å². The number of nitrogens with zero attached hydrogens (tertiary/aromatic N) is 1. The van der Waals surface area contributed by atoms with Crippen molar-refractivity contribution in [3.8, 4) is 22.3 Å². The molecular weight excluding hydrogens is 867 g/mol. The van der Waals surface area contributed by atoms with E-state index in [9.17, 15) is 0 Å². The third-order valence-corrected chi connectivity index (χ3v) is 12.2. The maximum atomic E-state index is 2.48. The Balaban J connectivity index is 0.000000167. The minimum absolute atomic E-state index is 0.421. The Kier molecular flexibility index (Phi) is 22.6. The second-order valence-corrected chi connectivity index (χ2v) is 18.4. The first-order chi connectivity index (χ1) is 35.0. The zero-order valence-corrected chi connectivity index (χ0v) is 44.9. The predicted molar refractivity (Wildman–Crippen MR) is 318 cm³/mol. The van der Waals surface area contributed by atoms with Crippen LogP contribution in [-0.4, -0.2) is 4.57 Å². The molecule has 0 radical (unpaired) electrons. The van der Waals surface area contributed by atoms with Gasteiger partial charge in [0.2, 0.25) is 0 Å². The van der Waals surface area contributed by atoms with Crippen molar-refractivity contribution >= 4 is 21.8 Å². The van der Waals surface area contributed by atoms with Crippen LogP contribution < -0.4 is 0 Å². The summed E-state index contributed by atoms with van der Waals surface area (Å²) in [5.74, 6) is 0. The molecule has 1 heterocycles. The third kappa shape index (κ3) is 17.3. The van der Waals surface area contributed by atoms with Gasteiger partial charge < -0.3 is 4.57 Å². The van der Waals surface area contributed by atoms with Crippen molar-refractivity contribution in [1.82, 2.24) is 4.57 Å². The lowest BCUT2D eigenvalue weighted by atomic mass is 9.95. The third-order valence-electron chi connectivity index (χ3n) is 12.2. The van der Waals surface area contributed by atoms with Crippen LogP contribution in [0.2, 0.25) is 0 Å². The first-order valence-corrected chi connectivity index (χ1v) is 25.6. The molecule has 0 bridgehead atoms. The maximum Gasteiger partial charge on any atom is 0.0560 e. The van der Waals surface area contributed by atoms with E-state index in [0.29, 0.717) is 6.04 Å². The zero-order chi connectivity index (χ0) is 51.7. The SMILES string of the molecule is CC.Cc1ccc(-c2ccc(C)cc2)cc1.Cc1ccc(C)c(-c2ccccc2C)c1.Cc1ccc2c(c1)c1ccccc1n2C1C=CC=CC1.Cc1ccccc1.Cc1ccccc1.Cc1ccccc1. The van der Waals surface area contributed by atoms with E-state index in [1.54, 1.807) is 0 Å². The molecule has 1 atom stereocenters. The number of aryl methyl sites for hydroxylation is 9. The Hall–Kier alpha value is -7.74. The summed E-state index contributed by atoms with van der Waals surface area (Å²) < 4.78 is 2.48. The van der Waals surface area contributed by atoms with E-state index in [4.69, 9.17) is 0 Å². The second-order valence-electron chi connectivity index (χ2n) is 18.4. The summed E-state index contributed by atoms with van der Waals surface area (Å²) in [7, 11) is 0. The van der Waals surface area contributed by atoms with Gasteiger partial charge in [0.05, 0.1) is 6.04 Å². The molecule has 0 spiro atoms. The molecule has 1 nitrogen and oxygen atoms in total. The normalized spacial score (nSPS) is 11.8. The van der Waals surface area contributed by atoms with Crippen LogP contribution in [0.5, 0.6) is 0 Å². The highest BCUT2D eigenvalue weighted by Crippen LogP contribution is 2.35. The Morgan fingerprint density at radius 3 is 1.19 bits per heavy atom. The van der Waals surface area contributed by atoms with E-state index < -0.39 is 0 Å². The summed E-state index contributed by atoms with van der Waals surface area (Å²) in [6.45, 7) is 23.1. The highest BCUT2D eigenvalue weighted by atomic mass is 15.0. The highest BCUT2D eigenvalue weighted by Gasteiger charge is 2.16. The van der Waals surface area contributed by atoms with Gasteiger partial charge in [0.1, 0.15) is 0 Å². The topological polar surface area (TPSA) is 4.93 Å². The Labute approximate surface area is 433 Å². The minimum atomic E-state index is 0.421. The molecule has 10 aromatic rings. The number of aromatic nitrogens is 1. The molecule has 9 aromatic carbocycles. The first-order valence-electron chi connectivity index (χ1n) is 25.6. The fourth-order valence-electron chi connectivity index (χ4n) is 8.23. The van der Waals surface area contributed by atoms with Crippen LogP contribution >= 0.6 is 0 Å². The zero-order valence-electron chi connectivity index (χ0n) is 44.9. The Morgan fingerprint density at radius 2 is 0.722 bits per heavy atom. The van der Waals surface area contributed by atoms with Crippen molar-refractivity contribution in [2.45, 2.75) is 88.6 Å². The van der Waals surface area contributed by atoms with Crippen LogP contribution in [0, 0.1) is 62.3 Å². The van der Waals surface area contributed by atoms with Crippen LogP contribution in [0.15, 0.2) is 249 Å². The summed E-state index contributed by atoms with van der Waals surface area (Å²) in [6.07, 6.45) is 9.90. The fourth-order valence-corrected chi connectivity index (χ4v) is 8.23. The van der Waals surface area contributed by atoms with E-state index in [-0.39, 0.29) is 0 Å². The molecule has 1 unspecified atom stereocenters. The molecule has 72 heavy (non-hydrogen) atoms. The molecule has 0 N–H and O–H groups in total. The number of fused-ring (bicyclic) bond motifs is 3. The summed E-state index contributed by atoms with van der Waals surface area (Å²) in [6, 6.07) is 79.1. The number of benzene rings is 9. The van der Waals surface area contributed by atoms with Gasteiger partial charge in [-0.1, -0.05) is 283 Å². The summed E-state index contributed by atoms with van der Waals surface area (Å²) in [5.41, 5.74) is 19.8. The maximum absolute atomic E-state index is 2.48. The highest BCUT2D eigenvalue weighted by molar-refractivity contribution is 6.08. The molecule has 1 aromatic heterocycles. The van der Waals surface area contributed by atoms with Crippen LogP contribution in [0.3, 0.4) is 0 Å². The number of allylic oxidation sites excluding steroid dienone is 4. The molecule has 0 saturated heterocycles. The Morgan fingerprint density at radius 1 is 0.319 bits per heavy atom. The van der Waals surface area contributed by atoms with Crippen molar-refractivity contribution in [3.63, 3.8) is 0 Å². The molecule has 0 amide bonds. The predicted octanol–water partition coefficient (Wildman–Crippen LogP) is 20.4. The molecule has 11 rings (SSSR count). The van der Waals surface area contributed by atoms with Gasteiger partial charge in [0.25, 0.3) is 0 Å². The quantitative estimate of drug-likeness (QED) is 0.166. The van der Waals surface area contributed by atoms with Crippen molar-refractivity contribution in [3.05, 3.63) is 299 Å². The smallest absolute Gasteiger partial charge is 0.0560 e. The van der Waals surface area contributed by atoms with Crippen LogP contribution in [0.4, 0.5) is 0 Å². The van der Waals surface area contributed by atoms with E-state index in [2.05, 4.69) is 261 Å². The van der Waals surface area contributed by atoms with Crippen LogP contribution in [0.25, 0.3) is 44.1 Å². The summed E-state index contributed by atoms with van der Waals surface area (Å²) >= 11 is 0. The van der Waals surface area contributed by atoms with E-state index >= 15 is 0 Å². The molecule has 1 aliphatic rings. The lowest BCUT2D eigenvalue weighted by Crippen LogP contribution is -2.06. The fraction of sp³-hybridized carbons (Fsp3) is 0.183. The van der Waals surface area contributed by atoms with Gasteiger partial charge in [-0.05, 0) is 120 Å². The second kappa shape index (κ2) is 29.4. The number of hydrogen-bond acceptors (Lipinski definition) is 0. The molecule has 0 saturated carbocycles. The van der Waals surface area contributed by atoms with Crippen LogP contribution in [-0.2, 0) is 0 Å². The molecule has 0 fully saturated rings. The van der Waals surface area contributed by atoms with Gasteiger partial charge >= 0.3 is 0 Å². The van der Waals surface area contributed by atoms with Gasteiger partial charge in [-0.2, -0.15) is 0 Å². The molecule has 1 aliphatic carbocycles. The lowest BCUT2D eigenvalue weighted by Gasteiger charge is -2.18. The van der Waals surface area contributed by atoms with Gasteiger partial charge in [-0.25, -0.2) is 0 Å². The molecular formula is C71H77N. The summed E-state index contributed by atoms with van der Waals surface area (Å²) in [4.78, 5) is 0. The minimum Gasteiger partial charge on any atom is -0.333 e. The Bertz CT molecular complexity index is 3040. The average Bonchev–Trinajstić information content (AvgIpc) is 3.74. The largest absolute Gasteiger partial charge is 0.333 e. The van der Waals surface area contributed by atoms with Crippen LogP contribution in [0.1, 0.15) is 76.4 Å². The number of hydrogen-bond donors (Lipinski definition) is 0. The van der Waals surface area contributed by atoms with Crippen molar-refractivity contribution < 1.29 is 0 Å². The van der Waals surface area contributed by atoms with Gasteiger partial charge in [0.15, 0.2) is 0 Å². The monoisotopic (exact) mass is 944 g/mol. The van der Waals surface area contributed by atoms with Crippen molar-refractivity contribution in [2.24, 2.45) is 0 Å². The summed E-state index contributed by atoms with van der Waals surface area (Å²) in [5, 5.41) is 2.72. The average molecular weight is 944 g/mol. The van der Waals surface area contributed by atoms with E-state index in [1.165, 1.54) is 94.1 Å². The van der Waals surface area contributed by atoms with Gasteiger partial charge in [-0.3, -0.25) is 0 Å². The number of rotatable bonds is 3.